The lowest BCUT2D eigenvalue weighted by Crippen LogP contribution is -2.28. The van der Waals surface area contributed by atoms with E-state index < -0.39 is 9.84 Å². The van der Waals surface area contributed by atoms with Gasteiger partial charge in [0, 0.05) is 12.1 Å². The number of sulfone groups is 1. The van der Waals surface area contributed by atoms with Crippen molar-refractivity contribution in [3.63, 3.8) is 0 Å². The van der Waals surface area contributed by atoms with Crippen LogP contribution in [0.3, 0.4) is 0 Å². The second-order valence-electron chi connectivity index (χ2n) is 6.11. The van der Waals surface area contributed by atoms with Crippen LogP contribution in [0.15, 0.2) is 29.2 Å². The van der Waals surface area contributed by atoms with Gasteiger partial charge < -0.3 is 10.2 Å². The molecular weight excluding hydrogens is 284 g/mol. The average Bonchev–Trinajstić information content (AvgIpc) is 2.70. The van der Waals surface area contributed by atoms with Crippen LogP contribution in [0.25, 0.3) is 0 Å². The standard InChI is InChI=1S/C16H26N2O2S/c1-13(2)18(3)11-7-6-10-17-15-12-21(19,20)16-9-5-4-8-14(15)16/h4-5,8-9,13,15,17H,6-7,10-12H2,1-3H3. The van der Waals surface area contributed by atoms with Crippen LogP contribution in [0.5, 0.6) is 0 Å². The van der Waals surface area contributed by atoms with E-state index in [4.69, 9.17) is 0 Å². The van der Waals surface area contributed by atoms with Gasteiger partial charge in [-0.15, -0.1) is 0 Å². The van der Waals surface area contributed by atoms with E-state index in [1.807, 2.05) is 12.1 Å². The van der Waals surface area contributed by atoms with E-state index >= 15 is 0 Å². The summed E-state index contributed by atoms with van der Waals surface area (Å²) in [7, 11) is -0.956. The van der Waals surface area contributed by atoms with Crippen molar-refractivity contribution in [2.24, 2.45) is 0 Å². The molecule has 1 atom stereocenters. The molecule has 0 saturated carbocycles. The molecule has 1 aromatic carbocycles. The zero-order valence-electron chi connectivity index (χ0n) is 13.2. The Morgan fingerprint density at radius 2 is 2.00 bits per heavy atom. The first kappa shape index (κ1) is 16.5. The van der Waals surface area contributed by atoms with Crippen LogP contribution in [0.4, 0.5) is 0 Å². The molecule has 1 aliphatic heterocycles. The number of rotatable bonds is 7. The second-order valence-corrected chi connectivity index (χ2v) is 8.11. The first-order valence-electron chi connectivity index (χ1n) is 7.67. The van der Waals surface area contributed by atoms with Crippen molar-refractivity contribution >= 4 is 9.84 Å². The van der Waals surface area contributed by atoms with E-state index in [9.17, 15) is 8.42 Å². The summed E-state index contributed by atoms with van der Waals surface area (Å²) >= 11 is 0. The highest BCUT2D eigenvalue weighted by molar-refractivity contribution is 7.91. The van der Waals surface area contributed by atoms with Crippen LogP contribution >= 0.6 is 0 Å². The van der Waals surface area contributed by atoms with Gasteiger partial charge in [-0.05, 0) is 58.5 Å². The third-order valence-electron chi connectivity index (χ3n) is 4.23. The Hall–Kier alpha value is -0.910. The van der Waals surface area contributed by atoms with Crippen molar-refractivity contribution in [3.8, 4) is 0 Å². The van der Waals surface area contributed by atoms with Gasteiger partial charge in [-0.3, -0.25) is 0 Å². The molecular formula is C16H26N2O2S. The van der Waals surface area contributed by atoms with Gasteiger partial charge in [-0.1, -0.05) is 18.2 Å². The number of hydrogen-bond acceptors (Lipinski definition) is 4. The van der Waals surface area contributed by atoms with Crippen molar-refractivity contribution in [3.05, 3.63) is 29.8 Å². The van der Waals surface area contributed by atoms with Crippen molar-refractivity contribution in [1.82, 2.24) is 10.2 Å². The number of unbranched alkanes of at least 4 members (excludes halogenated alkanes) is 1. The maximum Gasteiger partial charge on any atom is 0.180 e. The Bertz CT molecular complexity index is 569. The highest BCUT2D eigenvalue weighted by atomic mass is 32.2. The summed E-state index contributed by atoms with van der Waals surface area (Å²) in [4.78, 5) is 2.83. The molecule has 1 N–H and O–H groups in total. The lowest BCUT2D eigenvalue weighted by Gasteiger charge is -2.21. The molecule has 1 unspecified atom stereocenters. The number of nitrogens with one attached hydrogen (secondary N) is 1. The summed E-state index contributed by atoms with van der Waals surface area (Å²) in [6.45, 7) is 6.33. The van der Waals surface area contributed by atoms with Crippen LogP contribution in [0, 0.1) is 0 Å². The molecule has 0 saturated heterocycles. The minimum atomic E-state index is -3.09. The lowest BCUT2D eigenvalue weighted by molar-refractivity contribution is 0.267. The van der Waals surface area contributed by atoms with Crippen molar-refractivity contribution in [1.29, 1.82) is 0 Å². The number of hydrogen-bond donors (Lipinski definition) is 1. The van der Waals surface area contributed by atoms with Gasteiger partial charge in [0.05, 0.1) is 10.6 Å². The van der Waals surface area contributed by atoms with Crippen LogP contribution < -0.4 is 5.32 Å². The predicted octanol–water partition coefficient (Wildman–Crippen LogP) is 2.22. The van der Waals surface area contributed by atoms with Gasteiger partial charge in [0.1, 0.15) is 0 Å². The molecule has 0 bridgehead atoms. The van der Waals surface area contributed by atoms with E-state index in [2.05, 4.69) is 31.1 Å². The summed E-state index contributed by atoms with van der Waals surface area (Å²) in [5, 5.41) is 3.40. The SMILES string of the molecule is CC(C)N(C)CCCCNC1CS(=O)(=O)c2ccccc21. The van der Waals surface area contributed by atoms with E-state index in [1.54, 1.807) is 12.1 Å². The van der Waals surface area contributed by atoms with Gasteiger partial charge in [0.2, 0.25) is 0 Å². The molecule has 0 radical (unpaired) electrons. The third-order valence-corrected chi connectivity index (χ3v) is 6.04. The molecule has 118 valence electrons. The summed E-state index contributed by atoms with van der Waals surface area (Å²) in [5.41, 5.74) is 0.928. The quantitative estimate of drug-likeness (QED) is 0.785. The predicted molar refractivity (Wildman–Crippen MR) is 86.2 cm³/mol. The molecule has 0 aromatic heterocycles. The molecule has 0 spiro atoms. The molecule has 1 aliphatic rings. The van der Waals surface area contributed by atoms with Crippen LogP contribution in [-0.4, -0.2) is 45.2 Å². The number of nitrogens with zero attached hydrogens (tertiary/aromatic N) is 1. The fourth-order valence-electron chi connectivity index (χ4n) is 2.64. The molecule has 0 amide bonds. The molecule has 1 heterocycles. The normalized spacial score (nSPS) is 20.1. The van der Waals surface area contributed by atoms with Gasteiger partial charge in [-0.25, -0.2) is 8.42 Å². The van der Waals surface area contributed by atoms with E-state index in [0.717, 1.165) is 31.5 Å². The Labute approximate surface area is 128 Å². The van der Waals surface area contributed by atoms with E-state index in [-0.39, 0.29) is 11.8 Å². The van der Waals surface area contributed by atoms with E-state index in [1.165, 1.54) is 0 Å². The Morgan fingerprint density at radius 1 is 1.29 bits per heavy atom. The fourth-order valence-corrected chi connectivity index (χ4v) is 4.41. The fraction of sp³-hybridized carbons (Fsp3) is 0.625. The van der Waals surface area contributed by atoms with Crippen LogP contribution in [-0.2, 0) is 9.84 Å². The van der Waals surface area contributed by atoms with Crippen LogP contribution in [0.1, 0.15) is 38.3 Å². The highest BCUT2D eigenvalue weighted by Crippen LogP contribution is 2.32. The maximum absolute atomic E-state index is 12.1. The maximum atomic E-state index is 12.1. The zero-order chi connectivity index (χ0) is 15.5. The molecule has 5 heteroatoms. The molecule has 0 aliphatic carbocycles. The first-order valence-corrected chi connectivity index (χ1v) is 9.32. The first-order chi connectivity index (χ1) is 9.92. The van der Waals surface area contributed by atoms with Crippen molar-refractivity contribution in [2.75, 3.05) is 25.9 Å². The summed E-state index contributed by atoms with van der Waals surface area (Å²) in [5.74, 6) is 0.193. The molecule has 4 nitrogen and oxygen atoms in total. The largest absolute Gasteiger partial charge is 0.309 e. The molecule has 0 fully saturated rings. The summed E-state index contributed by atoms with van der Waals surface area (Å²) < 4.78 is 24.1. The minimum absolute atomic E-state index is 0.0472. The van der Waals surface area contributed by atoms with Crippen molar-refractivity contribution in [2.45, 2.75) is 43.7 Å². The monoisotopic (exact) mass is 310 g/mol. The van der Waals surface area contributed by atoms with Crippen molar-refractivity contribution < 1.29 is 8.42 Å². The Morgan fingerprint density at radius 3 is 2.71 bits per heavy atom. The number of fused-ring (bicyclic) bond motifs is 1. The number of benzene rings is 1. The summed E-state index contributed by atoms with van der Waals surface area (Å²) in [6.07, 6.45) is 2.19. The highest BCUT2D eigenvalue weighted by Gasteiger charge is 2.33. The Kier molecular flexibility index (Phi) is 5.41. The average molecular weight is 310 g/mol. The van der Waals surface area contributed by atoms with Gasteiger partial charge in [-0.2, -0.15) is 0 Å². The molecule has 2 rings (SSSR count). The van der Waals surface area contributed by atoms with Gasteiger partial charge >= 0.3 is 0 Å². The second kappa shape index (κ2) is 6.90. The molecule has 21 heavy (non-hydrogen) atoms. The lowest BCUT2D eigenvalue weighted by atomic mass is 10.1. The Balaban J connectivity index is 1.81. The summed E-state index contributed by atoms with van der Waals surface area (Å²) in [6, 6.07) is 7.86. The third kappa shape index (κ3) is 4.05. The molecule has 1 aromatic rings. The zero-order valence-corrected chi connectivity index (χ0v) is 14.0. The van der Waals surface area contributed by atoms with Gasteiger partial charge in [0.25, 0.3) is 0 Å². The minimum Gasteiger partial charge on any atom is -0.309 e. The van der Waals surface area contributed by atoms with Crippen LogP contribution in [0.2, 0.25) is 0 Å². The topological polar surface area (TPSA) is 49.4 Å². The van der Waals surface area contributed by atoms with E-state index in [0.29, 0.717) is 10.9 Å². The van der Waals surface area contributed by atoms with Gasteiger partial charge in [0.15, 0.2) is 9.84 Å². The smallest absolute Gasteiger partial charge is 0.180 e.